The van der Waals surface area contributed by atoms with Gasteiger partial charge in [-0.15, -0.1) is 11.3 Å². The minimum absolute atomic E-state index is 0.328. The molecule has 27 heavy (non-hydrogen) atoms. The number of nitrogens with one attached hydrogen (secondary N) is 2. The zero-order valence-corrected chi connectivity index (χ0v) is 16.4. The molecule has 2 heterocycles. The largest absolute Gasteiger partial charge is 0.325 e. The summed E-state index contributed by atoms with van der Waals surface area (Å²) in [7, 11) is 0. The van der Waals surface area contributed by atoms with Crippen LogP contribution in [-0.4, -0.2) is 39.8 Å². The molecule has 0 spiro atoms. The van der Waals surface area contributed by atoms with Crippen molar-refractivity contribution >= 4 is 34.3 Å². The SMILES string of the molecule is CCC1(CC)NC(=O)N(CC(=O)Nc2nc(-c3ccc(C)cc3)cs2)C1=O. The molecule has 0 unspecified atom stereocenters. The van der Waals surface area contributed by atoms with Crippen molar-refractivity contribution in [3.05, 3.63) is 35.2 Å². The fourth-order valence-corrected chi connectivity index (χ4v) is 3.78. The molecule has 4 amide bonds. The third-order valence-corrected chi connectivity index (χ3v) is 5.61. The Bertz CT molecular complexity index is 871. The molecule has 3 rings (SSSR count). The van der Waals surface area contributed by atoms with Crippen LogP contribution in [0.3, 0.4) is 0 Å². The van der Waals surface area contributed by atoms with Gasteiger partial charge in [-0.1, -0.05) is 43.7 Å². The molecule has 1 aliphatic heterocycles. The lowest BCUT2D eigenvalue weighted by Crippen LogP contribution is -2.46. The third kappa shape index (κ3) is 3.71. The van der Waals surface area contributed by atoms with E-state index in [2.05, 4.69) is 15.6 Å². The van der Waals surface area contributed by atoms with Crippen LogP contribution in [0, 0.1) is 6.92 Å². The zero-order chi connectivity index (χ0) is 19.6. The maximum absolute atomic E-state index is 12.6. The van der Waals surface area contributed by atoms with Gasteiger partial charge in [-0.05, 0) is 19.8 Å². The number of benzene rings is 1. The van der Waals surface area contributed by atoms with Crippen LogP contribution in [0.2, 0.25) is 0 Å². The van der Waals surface area contributed by atoms with Crippen molar-refractivity contribution < 1.29 is 14.4 Å². The topological polar surface area (TPSA) is 91.4 Å². The summed E-state index contributed by atoms with van der Waals surface area (Å²) in [6.45, 7) is 5.37. The number of aryl methyl sites for hydroxylation is 1. The molecule has 1 aromatic heterocycles. The highest BCUT2D eigenvalue weighted by Crippen LogP contribution is 2.26. The molecule has 0 atom stereocenters. The zero-order valence-electron chi connectivity index (χ0n) is 15.5. The van der Waals surface area contributed by atoms with Crippen molar-refractivity contribution in [2.45, 2.75) is 39.2 Å². The van der Waals surface area contributed by atoms with E-state index in [0.29, 0.717) is 18.0 Å². The van der Waals surface area contributed by atoms with Gasteiger partial charge in [-0.3, -0.25) is 14.5 Å². The summed E-state index contributed by atoms with van der Waals surface area (Å²) in [5.74, 6) is -0.807. The first kappa shape index (κ1) is 19.0. The average Bonchev–Trinajstić information content (AvgIpc) is 3.20. The Labute approximate surface area is 161 Å². The van der Waals surface area contributed by atoms with Gasteiger partial charge in [0.25, 0.3) is 5.91 Å². The molecule has 2 aromatic rings. The van der Waals surface area contributed by atoms with E-state index in [4.69, 9.17) is 0 Å². The standard InChI is InChI=1S/C19H22N4O3S/c1-4-19(5-2)16(25)23(18(26)22-19)10-15(24)21-17-20-14(11-27-17)13-8-6-12(3)7-9-13/h6-9,11H,4-5,10H2,1-3H3,(H,22,26)(H,20,21,24). The molecule has 142 valence electrons. The first-order valence-electron chi connectivity index (χ1n) is 8.85. The van der Waals surface area contributed by atoms with Crippen LogP contribution in [0.4, 0.5) is 9.93 Å². The number of carbonyl (C=O) groups is 3. The van der Waals surface area contributed by atoms with Crippen LogP contribution >= 0.6 is 11.3 Å². The molecule has 1 aromatic carbocycles. The number of rotatable bonds is 6. The summed E-state index contributed by atoms with van der Waals surface area (Å²) in [5, 5.41) is 7.66. The molecule has 2 N–H and O–H groups in total. The fourth-order valence-electron chi connectivity index (χ4n) is 3.04. The number of nitrogens with zero attached hydrogens (tertiary/aromatic N) is 2. The maximum Gasteiger partial charge on any atom is 0.325 e. The lowest BCUT2D eigenvalue weighted by atomic mass is 9.93. The van der Waals surface area contributed by atoms with E-state index in [-0.39, 0.29) is 12.5 Å². The molecule has 8 heteroatoms. The molecule has 0 bridgehead atoms. The first-order valence-corrected chi connectivity index (χ1v) is 9.73. The summed E-state index contributed by atoms with van der Waals surface area (Å²) in [5.41, 5.74) is 1.98. The van der Waals surface area contributed by atoms with Gasteiger partial charge >= 0.3 is 6.03 Å². The highest BCUT2D eigenvalue weighted by atomic mass is 32.1. The summed E-state index contributed by atoms with van der Waals surface area (Å²) >= 11 is 1.30. The lowest BCUT2D eigenvalue weighted by Gasteiger charge is -2.22. The van der Waals surface area contributed by atoms with Crippen molar-refractivity contribution in [2.24, 2.45) is 0 Å². The number of hydrogen-bond donors (Lipinski definition) is 2. The molecule has 0 radical (unpaired) electrons. The number of thiazole rings is 1. The van der Waals surface area contributed by atoms with Crippen molar-refractivity contribution in [1.29, 1.82) is 0 Å². The Kier molecular flexibility index (Phi) is 5.27. The second-order valence-corrected chi connectivity index (χ2v) is 7.42. The second kappa shape index (κ2) is 7.48. The Balaban J connectivity index is 1.66. The first-order chi connectivity index (χ1) is 12.9. The minimum atomic E-state index is -0.906. The Hall–Kier alpha value is -2.74. The fraction of sp³-hybridized carbons (Fsp3) is 0.368. The predicted octanol–water partition coefficient (Wildman–Crippen LogP) is 3.17. The van der Waals surface area contributed by atoms with Gasteiger partial charge in [0.05, 0.1) is 5.69 Å². The number of urea groups is 1. The molecule has 1 saturated heterocycles. The van der Waals surface area contributed by atoms with E-state index >= 15 is 0 Å². The van der Waals surface area contributed by atoms with Crippen LogP contribution in [0.25, 0.3) is 11.3 Å². The van der Waals surface area contributed by atoms with Gasteiger partial charge in [0, 0.05) is 10.9 Å². The Morgan fingerprint density at radius 3 is 2.48 bits per heavy atom. The highest BCUT2D eigenvalue weighted by Gasteiger charge is 2.49. The van der Waals surface area contributed by atoms with E-state index in [9.17, 15) is 14.4 Å². The van der Waals surface area contributed by atoms with E-state index in [0.717, 1.165) is 21.7 Å². The number of imide groups is 1. The predicted molar refractivity (Wildman–Crippen MR) is 104 cm³/mol. The van der Waals surface area contributed by atoms with Gasteiger partial charge in [0.1, 0.15) is 12.1 Å². The number of hydrogen-bond acceptors (Lipinski definition) is 5. The lowest BCUT2D eigenvalue weighted by molar-refractivity contribution is -0.134. The second-order valence-electron chi connectivity index (χ2n) is 6.56. The van der Waals surface area contributed by atoms with Crippen LogP contribution in [-0.2, 0) is 9.59 Å². The Morgan fingerprint density at radius 2 is 1.89 bits per heavy atom. The Morgan fingerprint density at radius 1 is 1.22 bits per heavy atom. The molecule has 0 aliphatic carbocycles. The normalized spacial score (nSPS) is 15.7. The van der Waals surface area contributed by atoms with E-state index in [1.165, 1.54) is 11.3 Å². The molecular weight excluding hydrogens is 364 g/mol. The van der Waals surface area contributed by atoms with Crippen molar-refractivity contribution in [3.63, 3.8) is 0 Å². The summed E-state index contributed by atoms with van der Waals surface area (Å²) in [4.78, 5) is 42.4. The van der Waals surface area contributed by atoms with Crippen LogP contribution in [0.15, 0.2) is 29.6 Å². The number of carbonyl (C=O) groups excluding carboxylic acids is 3. The molecule has 0 saturated carbocycles. The quantitative estimate of drug-likeness (QED) is 0.746. The number of anilines is 1. The van der Waals surface area contributed by atoms with Gasteiger partial charge in [-0.2, -0.15) is 0 Å². The number of aromatic nitrogens is 1. The van der Waals surface area contributed by atoms with E-state index in [1.807, 2.05) is 50.4 Å². The van der Waals surface area contributed by atoms with Gasteiger partial charge in [0.2, 0.25) is 5.91 Å². The summed E-state index contributed by atoms with van der Waals surface area (Å²) in [6.07, 6.45) is 0.969. The molecule has 7 nitrogen and oxygen atoms in total. The smallest absolute Gasteiger partial charge is 0.323 e. The minimum Gasteiger partial charge on any atom is -0.323 e. The van der Waals surface area contributed by atoms with Crippen molar-refractivity contribution in [3.8, 4) is 11.3 Å². The van der Waals surface area contributed by atoms with Crippen molar-refractivity contribution in [1.82, 2.24) is 15.2 Å². The number of amides is 4. The summed E-state index contributed by atoms with van der Waals surface area (Å²) < 4.78 is 0. The van der Waals surface area contributed by atoms with Gasteiger partial charge in [-0.25, -0.2) is 9.78 Å². The van der Waals surface area contributed by atoms with Crippen molar-refractivity contribution in [2.75, 3.05) is 11.9 Å². The van der Waals surface area contributed by atoms with Crippen LogP contribution in [0.5, 0.6) is 0 Å². The van der Waals surface area contributed by atoms with Crippen LogP contribution in [0.1, 0.15) is 32.3 Å². The monoisotopic (exact) mass is 386 g/mol. The van der Waals surface area contributed by atoms with Gasteiger partial charge < -0.3 is 10.6 Å². The highest BCUT2D eigenvalue weighted by molar-refractivity contribution is 7.14. The van der Waals surface area contributed by atoms with E-state index < -0.39 is 17.5 Å². The van der Waals surface area contributed by atoms with Gasteiger partial charge in [0.15, 0.2) is 5.13 Å². The third-order valence-electron chi connectivity index (χ3n) is 4.85. The maximum atomic E-state index is 12.6. The summed E-state index contributed by atoms with van der Waals surface area (Å²) in [6, 6.07) is 7.41. The average molecular weight is 386 g/mol. The van der Waals surface area contributed by atoms with Crippen LogP contribution < -0.4 is 10.6 Å². The molecule has 1 fully saturated rings. The van der Waals surface area contributed by atoms with E-state index in [1.54, 1.807) is 0 Å². The molecule has 1 aliphatic rings. The molecular formula is C19H22N4O3S.